The lowest BCUT2D eigenvalue weighted by Gasteiger charge is -2.22. The molecule has 0 aliphatic carbocycles. The van der Waals surface area contributed by atoms with E-state index >= 15 is 0 Å². The van der Waals surface area contributed by atoms with Gasteiger partial charge in [-0.15, -0.1) is 0 Å². The van der Waals surface area contributed by atoms with Crippen molar-refractivity contribution in [2.75, 3.05) is 14.2 Å². The summed E-state index contributed by atoms with van der Waals surface area (Å²) in [6.07, 6.45) is 0. The summed E-state index contributed by atoms with van der Waals surface area (Å²) in [4.78, 5) is 0. The van der Waals surface area contributed by atoms with E-state index in [0.717, 1.165) is 20.3 Å². The van der Waals surface area contributed by atoms with Crippen LogP contribution in [-0.4, -0.2) is 14.2 Å². The predicted molar refractivity (Wildman–Crippen MR) is 90.5 cm³/mol. The smallest absolute Gasteiger partial charge is 0.124 e. The molecule has 106 valence electrons. The first kappa shape index (κ1) is 15.5. The Hall–Kier alpha value is -0.840. The van der Waals surface area contributed by atoms with Crippen molar-refractivity contribution in [3.8, 4) is 5.75 Å². The normalized spacial score (nSPS) is 12.2. The zero-order valence-electron chi connectivity index (χ0n) is 11.7. The molecule has 2 aromatic carbocycles. The van der Waals surface area contributed by atoms with E-state index in [1.807, 2.05) is 19.2 Å². The molecule has 0 amide bonds. The molecule has 0 bridgehead atoms. The standard InChI is InChI=1S/C16H17Br2NO/c1-10-4-6-14(18)12(8-10)16(19-2)13-9-11(17)5-7-15(13)20-3/h4-9,16,19H,1-3H3. The molecule has 4 heteroatoms. The van der Waals surface area contributed by atoms with Crippen LogP contribution in [0.15, 0.2) is 45.3 Å². The quantitative estimate of drug-likeness (QED) is 0.795. The lowest BCUT2D eigenvalue weighted by Crippen LogP contribution is -2.19. The number of ether oxygens (including phenoxy) is 1. The summed E-state index contributed by atoms with van der Waals surface area (Å²) >= 11 is 7.18. The molecule has 0 saturated heterocycles. The van der Waals surface area contributed by atoms with Gasteiger partial charge in [0, 0.05) is 14.5 Å². The monoisotopic (exact) mass is 397 g/mol. The second-order valence-corrected chi connectivity index (χ2v) is 6.40. The molecule has 0 radical (unpaired) electrons. The Balaban J connectivity index is 2.57. The third-order valence-electron chi connectivity index (χ3n) is 3.25. The van der Waals surface area contributed by atoms with Gasteiger partial charge in [0.15, 0.2) is 0 Å². The topological polar surface area (TPSA) is 21.3 Å². The van der Waals surface area contributed by atoms with Gasteiger partial charge in [0.05, 0.1) is 13.2 Å². The minimum Gasteiger partial charge on any atom is -0.496 e. The van der Waals surface area contributed by atoms with Crippen LogP contribution in [0, 0.1) is 6.92 Å². The molecule has 0 heterocycles. The van der Waals surface area contributed by atoms with Crippen molar-refractivity contribution in [3.05, 3.63) is 62.0 Å². The van der Waals surface area contributed by atoms with Crippen LogP contribution in [0.5, 0.6) is 5.75 Å². The summed E-state index contributed by atoms with van der Waals surface area (Å²) in [5.41, 5.74) is 3.54. The molecular weight excluding hydrogens is 382 g/mol. The SMILES string of the molecule is CNC(c1cc(C)ccc1Br)c1cc(Br)ccc1OC. The fourth-order valence-corrected chi connectivity index (χ4v) is 3.15. The Kier molecular flexibility index (Phi) is 5.24. The molecule has 0 aliphatic heterocycles. The molecule has 0 spiro atoms. The maximum absolute atomic E-state index is 5.50. The zero-order chi connectivity index (χ0) is 14.7. The van der Waals surface area contributed by atoms with E-state index in [1.165, 1.54) is 11.1 Å². The average Bonchev–Trinajstić information content (AvgIpc) is 2.44. The minimum atomic E-state index is 0.0664. The van der Waals surface area contributed by atoms with Gasteiger partial charge < -0.3 is 10.1 Å². The van der Waals surface area contributed by atoms with Crippen molar-refractivity contribution < 1.29 is 4.74 Å². The van der Waals surface area contributed by atoms with Crippen LogP contribution < -0.4 is 10.1 Å². The first-order valence-electron chi connectivity index (χ1n) is 6.33. The molecule has 1 N–H and O–H groups in total. The van der Waals surface area contributed by atoms with Crippen LogP contribution in [0.25, 0.3) is 0 Å². The van der Waals surface area contributed by atoms with Crippen LogP contribution in [-0.2, 0) is 0 Å². The van der Waals surface area contributed by atoms with Crippen molar-refractivity contribution in [1.82, 2.24) is 5.32 Å². The molecule has 20 heavy (non-hydrogen) atoms. The molecule has 0 aromatic heterocycles. The van der Waals surface area contributed by atoms with Gasteiger partial charge in [0.25, 0.3) is 0 Å². The Morgan fingerprint density at radius 2 is 1.80 bits per heavy atom. The maximum atomic E-state index is 5.50. The van der Waals surface area contributed by atoms with E-state index in [1.54, 1.807) is 7.11 Å². The van der Waals surface area contributed by atoms with Gasteiger partial charge in [-0.1, -0.05) is 49.6 Å². The zero-order valence-corrected chi connectivity index (χ0v) is 14.9. The van der Waals surface area contributed by atoms with Crippen LogP contribution in [0.3, 0.4) is 0 Å². The lowest BCUT2D eigenvalue weighted by atomic mass is 9.96. The highest BCUT2D eigenvalue weighted by Gasteiger charge is 2.19. The number of aryl methyl sites for hydroxylation is 1. The number of halogens is 2. The molecule has 0 fully saturated rings. The molecule has 0 saturated carbocycles. The Morgan fingerprint density at radius 1 is 1.05 bits per heavy atom. The summed E-state index contributed by atoms with van der Waals surface area (Å²) in [5, 5.41) is 3.37. The van der Waals surface area contributed by atoms with Gasteiger partial charge in [-0.05, 0) is 43.8 Å². The summed E-state index contributed by atoms with van der Waals surface area (Å²) < 4.78 is 7.63. The average molecular weight is 399 g/mol. The van der Waals surface area contributed by atoms with E-state index in [9.17, 15) is 0 Å². The molecule has 1 unspecified atom stereocenters. The van der Waals surface area contributed by atoms with E-state index in [-0.39, 0.29) is 6.04 Å². The fourth-order valence-electron chi connectivity index (χ4n) is 2.29. The van der Waals surface area contributed by atoms with Gasteiger partial charge in [-0.25, -0.2) is 0 Å². The lowest BCUT2D eigenvalue weighted by molar-refractivity contribution is 0.405. The van der Waals surface area contributed by atoms with E-state index in [2.05, 4.69) is 68.4 Å². The summed E-state index contributed by atoms with van der Waals surface area (Å²) in [7, 11) is 3.66. The highest BCUT2D eigenvalue weighted by molar-refractivity contribution is 9.10. The van der Waals surface area contributed by atoms with E-state index in [4.69, 9.17) is 4.74 Å². The largest absolute Gasteiger partial charge is 0.496 e. The van der Waals surface area contributed by atoms with Crippen molar-refractivity contribution in [2.24, 2.45) is 0 Å². The second kappa shape index (κ2) is 6.74. The Labute approximate surface area is 136 Å². The third-order valence-corrected chi connectivity index (χ3v) is 4.47. The minimum absolute atomic E-state index is 0.0664. The number of benzene rings is 2. The summed E-state index contributed by atoms with van der Waals surface area (Å²) in [6, 6.07) is 12.5. The highest BCUT2D eigenvalue weighted by Crippen LogP contribution is 2.35. The van der Waals surface area contributed by atoms with Crippen molar-refractivity contribution in [1.29, 1.82) is 0 Å². The van der Waals surface area contributed by atoms with Gasteiger partial charge in [-0.2, -0.15) is 0 Å². The molecule has 2 rings (SSSR count). The Bertz CT molecular complexity index is 613. The van der Waals surface area contributed by atoms with Crippen LogP contribution in [0.2, 0.25) is 0 Å². The van der Waals surface area contributed by atoms with Gasteiger partial charge in [0.1, 0.15) is 5.75 Å². The number of methoxy groups -OCH3 is 1. The molecular formula is C16H17Br2NO. The first-order valence-corrected chi connectivity index (χ1v) is 7.92. The van der Waals surface area contributed by atoms with Gasteiger partial charge in [-0.3, -0.25) is 0 Å². The molecule has 2 aromatic rings. The number of hydrogen-bond acceptors (Lipinski definition) is 2. The van der Waals surface area contributed by atoms with Crippen LogP contribution in [0.4, 0.5) is 0 Å². The summed E-state index contributed by atoms with van der Waals surface area (Å²) in [5.74, 6) is 0.876. The molecule has 0 aliphatic rings. The number of nitrogens with one attached hydrogen (secondary N) is 1. The predicted octanol–water partition coefficient (Wildman–Crippen LogP) is 4.84. The second-order valence-electron chi connectivity index (χ2n) is 4.63. The van der Waals surface area contributed by atoms with E-state index < -0.39 is 0 Å². The Morgan fingerprint density at radius 3 is 2.45 bits per heavy atom. The molecule has 2 nitrogen and oxygen atoms in total. The maximum Gasteiger partial charge on any atom is 0.124 e. The van der Waals surface area contributed by atoms with Gasteiger partial charge >= 0.3 is 0 Å². The first-order chi connectivity index (χ1) is 9.56. The number of rotatable bonds is 4. The van der Waals surface area contributed by atoms with E-state index in [0.29, 0.717) is 0 Å². The van der Waals surface area contributed by atoms with Crippen molar-refractivity contribution in [2.45, 2.75) is 13.0 Å². The highest BCUT2D eigenvalue weighted by atomic mass is 79.9. The van der Waals surface area contributed by atoms with Gasteiger partial charge in [0.2, 0.25) is 0 Å². The summed E-state index contributed by atoms with van der Waals surface area (Å²) in [6.45, 7) is 2.10. The number of hydrogen-bond donors (Lipinski definition) is 1. The third kappa shape index (κ3) is 3.25. The van der Waals surface area contributed by atoms with Crippen molar-refractivity contribution >= 4 is 31.9 Å². The van der Waals surface area contributed by atoms with Crippen molar-refractivity contribution in [3.63, 3.8) is 0 Å². The fraction of sp³-hybridized carbons (Fsp3) is 0.250. The van der Waals surface area contributed by atoms with Crippen LogP contribution >= 0.6 is 31.9 Å². The molecule has 1 atom stereocenters. The van der Waals surface area contributed by atoms with Crippen LogP contribution in [0.1, 0.15) is 22.7 Å².